The van der Waals surface area contributed by atoms with E-state index in [-0.39, 0.29) is 35.4 Å². The Bertz CT molecular complexity index is 778. The number of hydrogen-bond donors (Lipinski definition) is 1. The molecule has 1 aliphatic heterocycles. The maximum absolute atomic E-state index is 13.1. The summed E-state index contributed by atoms with van der Waals surface area (Å²) in [5.74, 6) is -2.37. The van der Waals surface area contributed by atoms with Crippen LogP contribution in [0.1, 0.15) is 37.0 Å². The normalized spacial score (nSPS) is 20.9. The number of unbranched alkanes of at least 4 members (excludes halogenated alkanes) is 1. The lowest BCUT2D eigenvalue weighted by molar-refractivity contribution is -0.142. The zero-order valence-electron chi connectivity index (χ0n) is 15.4. The fourth-order valence-electron chi connectivity index (χ4n) is 3.15. The highest BCUT2D eigenvalue weighted by atomic mass is 32.2. The molecule has 0 bridgehead atoms. The highest BCUT2D eigenvalue weighted by Crippen LogP contribution is 2.30. The van der Waals surface area contributed by atoms with Gasteiger partial charge >= 0.3 is 5.97 Å². The zero-order valence-corrected chi connectivity index (χ0v) is 16.2. The number of carboxylic acid groups (broad SMARTS) is 1. The average Bonchev–Trinajstić information content (AvgIpc) is 3.01. The molecule has 8 heteroatoms. The second-order valence-corrected chi connectivity index (χ2v) is 8.73. The van der Waals surface area contributed by atoms with Crippen molar-refractivity contribution in [1.82, 2.24) is 9.21 Å². The third kappa shape index (κ3) is 4.07. The van der Waals surface area contributed by atoms with Crippen LogP contribution in [0, 0.1) is 11.8 Å². The van der Waals surface area contributed by atoms with Gasteiger partial charge in [0.2, 0.25) is 10.0 Å². The minimum Gasteiger partial charge on any atom is -0.481 e. The SMILES string of the molecule is CCCCN(C)C(=O)c1ccccc1S(=O)(=O)N1C[C@@H](C)[C@H](C(=O)O)C1. The number of rotatable bonds is 7. The van der Waals surface area contributed by atoms with Gasteiger partial charge in [-0.2, -0.15) is 4.31 Å². The van der Waals surface area contributed by atoms with E-state index in [1.54, 1.807) is 26.1 Å². The van der Waals surface area contributed by atoms with Crippen molar-refractivity contribution in [1.29, 1.82) is 0 Å². The number of carboxylic acids is 1. The minimum atomic E-state index is -3.95. The van der Waals surface area contributed by atoms with Crippen molar-refractivity contribution in [3.05, 3.63) is 29.8 Å². The summed E-state index contributed by atoms with van der Waals surface area (Å²) in [7, 11) is -2.29. The van der Waals surface area contributed by atoms with Crippen molar-refractivity contribution in [3.8, 4) is 0 Å². The van der Waals surface area contributed by atoms with Crippen molar-refractivity contribution in [2.45, 2.75) is 31.6 Å². The van der Waals surface area contributed by atoms with Crippen molar-refractivity contribution in [3.63, 3.8) is 0 Å². The first-order chi connectivity index (χ1) is 12.2. The van der Waals surface area contributed by atoms with Crippen LogP contribution in [-0.2, 0) is 14.8 Å². The van der Waals surface area contributed by atoms with Crippen molar-refractivity contribution >= 4 is 21.9 Å². The van der Waals surface area contributed by atoms with Gasteiger partial charge in [0.25, 0.3) is 5.91 Å². The molecule has 1 aromatic carbocycles. The standard InChI is InChI=1S/C18H26N2O5S/c1-4-5-10-19(3)17(21)14-8-6-7-9-16(14)26(24,25)20-11-13(2)15(12-20)18(22)23/h6-9,13,15H,4-5,10-12H2,1-3H3,(H,22,23)/t13-,15-/m1/s1. The number of carbonyl (C=O) groups is 2. The Hall–Kier alpha value is -1.93. The molecule has 1 aliphatic rings. The molecule has 1 aromatic rings. The molecule has 26 heavy (non-hydrogen) atoms. The van der Waals surface area contributed by atoms with Crippen LogP contribution in [0.15, 0.2) is 29.2 Å². The maximum Gasteiger partial charge on any atom is 0.308 e. The van der Waals surface area contributed by atoms with Gasteiger partial charge in [0.1, 0.15) is 0 Å². The molecule has 1 saturated heterocycles. The number of aliphatic carboxylic acids is 1. The first-order valence-electron chi connectivity index (χ1n) is 8.77. The molecule has 1 heterocycles. The molecule has 1 amide bonds. The molecule has 2 rings (SSSR count). The van der Waals surface area contributed by atoms with Gasteiger partial charge in [0.15, 0.2) is 0 Å². The molecule has 0 radical (unpaired) electrons. The Kier molecular flexibility index (Phi) is 6.41. The summed E-state index contributed by atoms with van der Waals surface area (Å²) in [5.41, 5.74) is 0.123. The van der Waals surface area contributed by atoms with E-state index in [4.69, 9.17) is 0 Å². The Morgan fingerprint density at radius 1 is 1.27 bits per heavy atom. The predicted molar refractivity (Wildman–Crippen MR) is 97.4 cm³/mol. The third-order valence-corrected chi connectivity index (χ3v) is 6.71. The van der Waals surface area contributed by atoms with Crippen LogP contribution in [-0.4, -0.2) is 61.3 Å². The van der Waals surface area contributed by atoms with Crippen molar-refractivity contribution in [2.24, 2.45) is 11.8 Å². The van der Waals surface area contributed by atoms with E-state index in [2.05, 4.69) is 0 Å². The van der Waals surface area contributed by atoms with E-state index in [1.165, 1.54) is 21.3 Å². The lowest BCUT2D eigenvalue weighted by Crippen LogP contribution is -2.33. The van der Waals surface area contributed by atoms with Gasteiger partial charge in [0.05, 0.1) is 16.4 Å². The van der Waals surface area contributed by atoms with E-state index in [0.29, 0.717) is 6.54 Å². The highest BCUT2D eigenvalue weighted by molar-refractivity contribution is 7.89. The largest absolute Gasteiger partial charge is 0.481 e. The monoisotopic (exact) mass is 382 g/mol. The first-order valence-corrected chi connectivity index (χ1v) is 10.2. The van der Waals surface area contributed by atoms with Crippen LogP contribution < -0.4 is 0 Å². The molecular formula is C18H26N2O5S. The summed E-state index contributed by atoms with van der Waals surface area (Å²) in [6, 6.07) is 6.12. The maximum atomic E-state index is 13.1. The topological polar surface area (TPSA) is 95.0 Å². The Morgan fingerprint density at radius 3 is 2.50 bits per heavy atom. The summed E-state index contributed by atoms with van der Waals surface area (Å²) >= 11 is 0. The average molecular weight is 382 g/mol. The minimum absolute atomic E-state index is 0.0633. The number of amides is 1. The molecule has 0 unspecified atom stereocenters. The van der Waals surface area contributed by atoms with Crippen LogP contribution in [0.2, 0.25) is 0 Å². The molecule has 0 saturated carbocycles. The lowest BCUT2D eigenvalue weighted by Gasteiger charge is -2.21. The van der Waals surface area contributed by atoms with Gasteiger partial charge in [0, 0.05) is 26.7 Å². The van der Waals surface area contributed by atoms with Crippen molar-refractivity contribution in [2.75, 3.05) is 26.7 Å². The number of hydrogen-bond acceptors (Lipinski definition) is 4. The lowest BCUT2D eigenvalue weighted by atomic mass is 9.99. The highest BCUT2D eigenvalue weighted by Gasteiger charge is 2.41. The third-order valence-electron chi connectivity index (χ3n) is 4.83. The molecule has 1 N–H and O–H groups in total. The van der Waals surface area contributed by atoms with Crippen LogP contribution in [0.25, 0.3) is 0 Å². The van der Waals surface area contributed by atoms with Crippen LogP contribution in [0.5, 0.6) is 0 Å². The molecule has 0 spiro atoms. The van der Waals surface area contributed by atoms with E-state index >= 15 is 0 Å². The zero-order chi connectivity index (χ0) is 19.5. The fourth-order valence-corrected chi connectivity index (χ4v) is 4.90. The molecule has 7 nitrogen and oxygen atoms in total. The van der Waals surface area contributed by atoms with E-state index < -0.39 is 21.9 Å². The summed E-state index contributed by atoms with van der Waals surface area (Å²) in [6.07, 6.45) is 1.76. The first kappa shape index (κ1) is 20.4. The summed E-state index contributed by atoms with van der Waals surface area (Å²) in [4.78, 5) is 25.5. The van der Waals surface area contributed by atoms with Crippen LogP contribution in [0.3, 0.4) is 0 Å². The summed E-state index contributed by atoms with van der Waals surface area (Å²) in [6.45, 7) is 4.35. The second kappa shape index (κ2) is 8.18. The van der Waals surface area contributed by atoms with Gasteiger partial charge in [-0.05, 0) is 24.5 Å². The second-order valence-electron chi connectivity index (χ2n) is 6.82. The molecule has 1 fully saturated rings. The number of carbonyl (C=O) groups excluding carboxylic acids is 1. The van der Waals surface area contributed by atoms with Crippen molar-refractivity contribution < 1.29 is 23.1 Å². The van der Waals surface area contributed by atoms with Crippen LogP contribution in [0.4, 0.5) is 0 Å². The number of sulfonamides is 1. The fraction of sp³-hybridized carbons (Fsp3) is 0.556. The Balaban J connectivity index is 2.34. The summed E-state index contributed by atoms with van der Waals surface area (Å²) < 4.78 is 27.3. The smallest absolute Gasteiger partial charge is 0.308 e. The van der Waals surface area contributed by atoms with Gasteiger partial charge < -0.3 is 10.0 Å². The molecule has 0 aliphatic carbocycles. The molecule has 0 aromatic heterocycles. The molecule has 2 atom stereocenters. The van der Waals surface area contributed by atoms with Gasteiger partial charge in [-0.15, -0.1) is 0 Å². The van der Waals surface area contributed by atoms with Gasteiger partial charge in [-0.25, -0.2) is 8.42 Å². The number of nitrogens with zero attached hydrogens (tertiary/aromatic N) is 2. The predicted octanol–water partition coefficient (Wildman–Crippen LogP) is 1.90. The summed E-state index contributed by atoms with van der Waals surface area (Å²) in [5, 5.41) is 9.25. The number of benzene rings is 1. The molecule has 144 valence electrons. The van der Waals surface area contributed by atoms with E-state index in [1.807, 2.05) is 6.92 Å². The molecular weight excluding hydrogens is 356 g/mol. The quantitative estimate of drug-likeness (QED) is 0.777. The van der Waals surface area contributed by atoms with Gasteiger partial charge in [-0.3, -0.25) is 9.59 Å². The Morgan fingerprint density at radius 2 is 1.92 bits per heavy atom. The van der Waals surface area contributed by atoms with E-state index in [9.17, 15) is 23.1 Å². The van der Waals surface area contributed by atoms with E-state index in [0.717, 1.165) is 12.8 Å². The van der Waals surface area contributed by atoms with Gasteiger partial charge in [-0.1, -0.05) is 32.4 Å². The Labute approximate surface area is 154 Å². The van der Waals surface area contributed by atoms with Crippen LogP contribution >= 0.6 is 0 Å².